The molecule has 2 rings (SSSR count). The molecule has 0 aliphatic carbocycles. The van der Waals surface area contributed by atoms with Gasteiger partial charge in [0.05, 0.1) is 12.7 Å². The van der Waals surface area contributed by atoms with Crippen LogP contribution in [0.15, 0.2) is 18.2 Å². The molecule has 20 heavy (non-hydrogen) atoms. The summed E-state index contributed by atoms with van der Waals surface area (Å²) in [5, 5.41) is 3.34. The summed E-state index contributed by atoms with van der Waals surface area (Å²) >= 11 is 5.95. The molecule has 1 aromatic rings. The topological polar surface area (TPSA) is 30.5 Å². The third-order valence-corrected chi connectivity index (χ3v) is 3.78. The lowest BCUT2D eigenvalue weighted by Crippen LogP contribution is -2.34. The summed E-state index contributed by atoms with van der Waals surface area (Å²) in [4.78, 5) is 0. The van der Waals surface area contributed by atoms with Crippen molar-refractivity contribution in [1.82, 2.24) is 5.32 Å². The van der Waals surface area contributed by atoms with Gasteiger partial charge in [-0.05, 0) is 38.9 Å². The van der Waals surface area contributed by atoms with Gasteiger partial charge in [-0.25, -0.2) is 4.39 Å². The maximum absolute atomic E-state index is 13.5. The highest BCUT2D eigenvalue weighted by atomic mass is 35.5. The van der Waals surface area contributed by atoms with Crippen LogP contribution in [0.4, 0.5) is 4.39 Å². The largest absolute Gasteiger partial charge is 0.486 e. The van der Waals surface area contributed by atoms with Crippen molar-refractivity contribution in [3.05, 3.63) is 29.0 Å². The summed E-state index contributed by atoms with van der Waals surface area (Å²) in [6.07, 6.45) is 1.05. The average molecular weight is 302 g/mol. The number of hydrogen-bond donors (Lipinski definition) is 1. The lowest BCUT2D eigenvalue weighted by molar-refractivity contribution is -0.00373. The fourth-order valence-corrected chi connectivity index (χ4v) is 2.46. The Morgan fingerprint density at radius 2 is 2.25 bits per heavy atom. The van der Waals surface area contributed by atoms with Crippen LogP contribution in [0.1, 0.15) is 20.3 Å². The quantitative estimate of drug-likeness (QED) is 0.875. The molecule has 1 heterocycles. The molecule has 0 amide bonds. The number of rotatable bonds is 6. The zero-order valence-corrected chi connectivity index (χ0v) is 12.6. The van der Waals surface area contributed by atoms with Crippen molar-refractivity contribution in [3.8, 4) is 5.75 Å². The van der Waals surface area contributed by atoms with Gasteiger partial charge in [0.1, 0.15) is 22.7 Å². The SMILES string of the molecule is CC(C)OC[C@H](Oc1cccc(F)c1Cl)[C@@H]1CCNC1. The molecule has 5 heteroatoms. The molecule has 2 atom stereocenters. The van der Waals surface area contributed by atoms with Gasteiger partial charge in [0, 0.05) is 12.5 Å². The molecule has 3 nitrogen and oxygen atoms in total. The number of halogens is 2. The molecule has 1 aliphatic rings. The summed E-state index contributed by atoms with van der Waals surface area (Å²) in [6, 6.07) is 4.62. The Bertz CT molecular complexity index is 436. The molecule has 1 aliphatic heterocycles. The molecular weight excluding hydrogens is 281 g/mol. The molecule has 0 bridgehead atoms. The van der Waals surface area contributed by atoms with E-state index in [0.29, 0.717) is 18.3 Å². The molecule has 1 saturated heterocycles. The Morgan fingerprint density at radius 1 is 1.45 bits per heavy atom. The smallest absolute Gasteiger partial charge is 0.145 e. The molecule has 0 saturated carbocycles. The minimum Gasteiger partial charge on any atom is -0.486 e. The Morgan fingerprint density at radius 3 is 2.90 bits per heavy atom. The summed E-state index contributed by atoms with van der Waals surface area (Å²) in [6.45, 7) is 6.32. The zero-order chi connectivity index (χ0) is 14.5. The number of ether oxygens (including phenoxy) is 2. The third kappa shape index (κ3) is 4.08. The average Bonchev–Trinajstić information content (AvgIpc) is 2.93. The highest BCUT2D eigenvalue weighted by Crippen LogP contribution is 2.29. The number of hydrogen-bond acceptors (Lipinski definition) is 3. The fraction of sp³-hybridized carbons (Fsp3) is 0.600. The van der Waals surface area contributed by atoms with E-state index >= 15 is 0 Å². The summed E-state index contributed by atoms with van der Waals surface area (Å²) in [5.74, 6) is 0.279. The molecule has 0 aromatic heterocycles. The normalized spacial score (nSPS) is 20.4. The van der Waals surface area contributed by atoms with Crippen molar-refractivity contribution >= 4 is 11.6 Å². The first-order valence-electron chi connectivity index (χ1n) is 7.01. The monoisotopic (exact) mass is 301 g/mol. The van der Waals surface area contributed by atoms with E-state index in [1.54, 1.807) is 12.1 Å². The van der Waals surface area contributed by atoms with E-state index in [9.17, 15) is 4.39 Å². The van der Waals surface area contributed by atoms with Crippen molar-refractivity contribution in [2.24, 2.45) is 5.92 Å². The van der Waals surface area contributed by atoms with E-state index in [1.807, 2.05) is 13.8 Å². The molecule has 1 aromatic carbocycles. The van der Waals surface area contributed by atoms with E-state index < -0.39 is 5.82 Å². The van der Waals surface area contributed by atoms with Crippen molar-refractivity contribution in [2.75, 3.05) is 19.7 Å². The van der Waals surface area contributed by atoms with Gasteiger partial charge in [-0.15, -0.1) is 0 Å². The number of benzene rings is 1. The Kier molecular flexibility index (Phi) is 5.64. The third-order valence-electron chi connectivity index (χ3n) is 3.41. The van der Waals surface area contributed by atoms with E-state index in [-0.39, 0.29) is 17.2 Å². The minimum atomic E-state index is -0.461. The Balaban J connectivity index is 2.07. The van der Waals surface area contributed by atoms with Crippen LogP contribution in [0, 0.1) is 11.7 Å². The van der Waals surface area contributed by atoms with Gasteiger partial charge in [0.25, 0.3) is 0 Å². The van der Waals surface area contributed by atoms with Gasteiger partial charge >= 0.3 is 0 Å². The van der Waals surface area contributed by atoms with Crippen LogP contribution in [0.5, 0.6) is 5.75 Å². The molecule has 1 N–H and O–H groups in total. The standard InChI is InChI=1S/C15H21ClFNO2/c1-10(2)19-9-14(11-6-7-18-8-11)20-13-5-3-4-12(17)15(13)16/h3-5,10-11,14,18H,6-9H2,1-2H3/t11-,14+/m1/s1. The first kappa shape index (κ1) is 15.5. The maximum atomic E-state index is 13.5. The van der Waals surface area contributed by atoms with Crippen molar-refractivity contribution in [3.63, 3.8) is 0 Å². The van der Waals surface area contributed by atoms with Crippen LogP contribution < -0.4 is 10.1 Å². The Labute approximate surface area is 124 Å². The van der Waals surface area contributed by atoms with Gasteiger partial charge in [0.15, 0.2) is 0 Å². The summed E-state index contributed by atoms with van der Waals surface area (Å²) < 4.78 is 25.1. The molecular formula is C15H21ClFNO2. The van der Waals surface area contributed by atoms with Crippen LogP contribution in [0.3, 0.4) is 0 Å². The van der Waals surface area contributed by atoms with Gasteiger partial charge in [-0.1, -0.05) is 17.7 Å². The van der Waals surface area contributed by atoms with Gasteiger partial charge in [-0.3, -0.25) is 0 Å². The van der Waals surface area contributed by atoms with Crippen LogP contribution in [-0.2, 0) is 4.74 Å². The minimum absolute atomic E-state index is 0.0352. The maximum Gasteiger partial charge on any atom is 0.145 e. The predicted molar refractivity (Wildman–Crippen MR) is 77.9 cm³/mol. The van der Waals surface area contributed by atoms with Crippen LogP contribution >= 0.6 is 11.6 Å². The lowest BCUT2D eigenvalue weighted by atomic mass is 10.0. The van der Waals surface area contributed by atoms with E-state index in [2.05, 4.69) is 5.32 Å². The second-order valence-corrected chi connectivity index (χ2v) is 5.72. The van der Waals surface area contributed by atoms with Crippen LogP contribution in [0.25, 0.3) is 0 Å². The Hall–Kier alpha value is -0.840. The lowest BCUT2D eigenvalue weighted by Gasteiger charge is -2.25. The molecule has 112 valence electrons. The second-order valence-electron chi connectivity index (χ2n) is 5.34. The predicted octanol–water partition coefficient (Wildman–Crippen LogP) is 3.26. The highest BCUT2D eigenvalue weighted by Gasteiger charge is 2.28. The van der Waals surface area contributed by atoms with Crippen LogP contribution in [0.2, 0.25) is 5.02 Å². The fourth-order valence-electron chi connectivity index (χ4n) is 2.29. The zero-order valence-electron chi connectivity index (χ0n) is 11.9. The summed E-state index contributed by atoms with van der Waals surface area (Å²) in [5.41, 5.74) is 0. The second kappa shape index (κ2) is 7.25. The van der Waals surface area contributed by atoms with Gasteiger partial charge in [0.2, 0.25) is 0 Å². The van der Waals surface area contributed by atoms with Crippen molar-refractivity contribution in [2.45, 2.75) is 32.5 Å². The van der Waals surface area contributed by atoms with E-state index in [1.165, 1.54) is 6.07 Å². The van der Waals surface area contributed by atoms with E-state index in [0.717, 1.165) is 19.5 Å². The highest BCUT2D eigenvalue weighted by molar-refractivity contribution is 6.32. The van der Waals surface area contributed by atoms with Gasteiger partial charge < -0.3 is 14.8 Å². The molecule has 0 unspecified atom stereocenters. The first-order chi connectivity index (χ1) is 9.58. The van der Waals surface area contributed by atoms with E-state index in [4.69, 9.17) is 21.1 Å². The van der Waals surface area contributed by atoms with Crippen molar-refractivity contribution < 1.29 is 13.9 Å². The summed E-state index contributed by atoms with van der Waals surface area (Å²) in [7, 11) is 0. The van der Waals surface area contributed by atoms with Crippen molar-refractivity contribution in [1.29, 1.82) is 0 Å². The molecule has 0 spiro atoms. The molecule has 0 radical (unpaired) electrons. The van der Waals surface area contributed by atoms with Crippen LogP contribution in [-0.4, -0.2) is 31.9 Å². The van der Waals surface area contributed by atoms with Gasteiger partial charge in [-0.2, -0.15) is 0 Å². The molecule has 1 fully saturated rings. The number of nitrogens with one attached hydrogen (secondary N) is 1. The first-order valence-corrected chi connectivity index (χ1v) is 7.38.